The third kappa shape index (κ3) is 4.42. The summed E-state index contributed by atoms with van der Waals surface area (Å²) in [6.45, 7) is 6.21. The van der Waals surface area contributed by atoms with E-state index >= 15 is 0 Å². The molecular weight excluding hydrogens is 256 g/mol. The van der Waals surface area contributed by atoms with Gasteiger partial charge in [0.2, 0.25) is 0 Å². The number of hydrogen-bond acceptors (Lipinski definition) is 5. The lowest BCUT2D eigenvalue weighted by atomic mass is 10.2. The van der Waals surface area contributed by atoms with E-state index in [0.29, 0.717) is 6.61 Å². The Balaban J connectivity index is 1.84. The van der Waals surface area contributed by atoms with Crippen molar-refractivity contribution in [2.24, 2.45) is 0 Å². The average Bonchev–Trinajstić information content (AvgIpc) is 2.72. The van der Waals surface area contributed by atoms with Crippen LogP contribution in [0.5, 0.6) is 0 Å². The summed E-state index contributed by atoms with van der Waals surface area (Å²) >= 11 is 0. The molecule has 0 bridgehead atoms. The van der Waals surface area contributed by atoms with Gasteiger partial charge in [-0.3, -0.25) is 0 Å². The number of rotatable bonds is 5. The summed E-state index contributed by atoms with van der Waals surface area (Å²) in [6.07, 6.45) is 8.94. The zero-order valence-electron chi connectivity index (χ0n) is 11.9. The van der Waals surface area contributed by atoms with Crippen LogP contribution in [-0.4, -0.2) is 50.3 Å². The standard InChI is InChI=1S/C15H22N2O3/c1-2-19-15(18)12-20-14-5-3-4-13(6-7-14)17-10-8-16-9-11-17/h4-7,16H,2-3,8-12H2,1H3. The number of esters is 1. The lowest BCUT2D eigenvalue weighted by molar-refractivity contribution is -0.146. The number of hydrogen-bond donors (Lipinski definition) is 1. The van der Waals surface area contributed by atoms with Gasteiger partial charge < -0.3 is 19.7 Å². The normalized spacial score (nSPS) is 18.9. The van der Waals surface area contributed by atoms with Crippen molar-refractivity contribution in [1.82, 2.24) is 10.2 Å². The molecule has 0 amide bonds. The van der Waals surface area contributed by atoms with Gasteiger partial charge in [-0.2, -0.15) is 0 Å². The number of carbonyl (C=O) groups excluding carboxylic acids is 1. The van der Waals surface area contributed by atoms with Gasteiger partial charge in [-0.15, -0.1) is 0 Å². The molecule has 0 aromatic carbocycles. The fraction of sp³-hybridized carbons (Fsp3) is 0.533. The number of allylic oxidation sites excluding steroid dienone is 4. The Kier molecular flexibility index (Phi) is 5.68. The zero-order valence-corrected chi connectivity index (χ0v) is 11.9. The molecule has 5 heteroatoms. The number of nitrogens with zero attached hydrogens (tertiary/aromatic N) is 1. The van der Waals surface area contributed by atoms with E-state index in [1.54, 1.807) is 6.92 Å². The first-order valence-corrected chi connectivity index (χ1v) is 7.12. The summed E-state index contributed by atoms with van der Waals surface area (Å²) in [5.41, 5.74) is 1.22. The Bertz CT molecular complexity index is 421. The predicted molar refractivity (Wildman–Crippen MR) is 77.0 cm³/mol. The summed E-state index contributed by atoms with van der Waals surface area (Å²) in [5.74, 6) is 0.390. The van der Waals surface area contributed by atoms with Gasteiger partial charge >= 0.3 is 5.97 Å². The second-order valence-corrected chi connectivity index (χ2v) is 4.64. The van der Waals surface area contributed by atoms with Crippen LogP contribution in [0.25, 0.3) is 0 Å². The van der Waals surface area contributed by atoms with Crippen molar-refractivity contribution in [3.63, 3.8) is 0 Å². The van der Waals surface area contributed by atoms with Gasteiger partial charge in [-0.05, 0) is 31.6 Å². The third-order valence-electron chi connectivity index (χ3n) is 3.21. The van der Waals surface area contributed by atoms with Crippen molar-refractivity contribution in [2.45, 2.75) is 13.3 Å². The first-order valence-electron chi connectivity index (χ1n) is 7.12. The van der Waals surface area contributed by atoms with Gasteiger partial charge in [0, 0.05) is 31.9 Å². The molecule has 0 aromatic rings. The van der Waals surface area contributed by atoms with Crippen LogP contribution < -0.4 is 5.32 Å². The maximum atomic E-state index is 11.3. The van der Waals surface area contributed by atoms with Crippen molar-refractivity contribution in [2.75, 3.05) is 39.4 Å². The molecule has 1 fully saturated rings. The van der Waals surface area contributed by atoms with E-state index in [0.717, 1.165) is 38.4 Å². The van der Waals surface area contributed by atoms with Crippen LogP contribution >= 0.6 is 0 Å². The number of nitrogens with one attached hydrogen (secondary N) is 1. The highest BCUT2D eigenvalue weighted by atomic mass is 16.6. The highest BCUT2D eigenvalue weighted by Gasteiger charge is 2.12. The topological polar surface area (TPSA) is 50.8 Å². The van der Waals surface area contributed by atoms with Crippen LogP contribution in [0.15, 0.2) is 35.8 Å². The Morgan fingerprint density at radius 2 is 2.10 bits per heavy atom. The highest BCUT2D eigenvalue weighted by Crippen LogP contribution is 2.15. The molecule has 110 valence electrons. The van der Waals surface area contributed by atoms with E-state index in [-0.39, 0.29) is 12.6 Å². The van der Waals surface area contributed by atoms with Gasteiger partial charge in [0.1, 0.15) is 5.76 Å². The fourth-order valence-corrected chi connectivity index (χ4v) is 2.21. The molecule has 1 aliphatic carbocycles. The average molecular weight is 278 g/mol. The Morgan fingerprint density at radius 3 is 2.85 bits per heavy atom. The van der Waals surface area contributed by atoms with Crippen LogP contribution in [-0.2, 0) is 14.3 Å². The smallest absolute Gasteiger partial charge is 0.344 e. The maximum absolute atomic E-state index is 11.3. The largest absolute Gasteiger partial charge is 0.482 e. The molecule has 5 nitrogen and oxygen atoms in total. The van der Waals surface area contributed by atoms with E-state index in [4.69, 9.17) is 9.47 Å². The number of piperazine rings is 1. The predicted octanol–water partition coefficient (Wildman–Crippen LogP) is 1.20. The van der Waals surface area contributed by atoms with E-state index < -0.39 is 0 Å². The summed E-state index contributed by atoms with van der Waals surface area (Å²) in [5, 5.41) is 3.34. The SMILES string of the molecule is CCOC(=O)COC1=CCC=C(N2CCNCC2)C=C1. The first-order chi connectivity index (χ1) is 9.79. The molecule has 0 atom stereocenters. The second kappa shape index (κ2) is 7.75. The van der Waals surface area contributed by atoms with Gasteiger partial charge in [0.05, 0.1) is 6.61 Å². The van der Waals surface area contributed by atoms with Crippen LogP contribution in [0.1, 0.15) is 13.3 Å². The maximum Gasteiger partial charge on any atom is 0.344 e. The Morgan fingerprint density at radius 1 is 1.30 bits per heavy atom. The minimum Gasteiger partial charge on any atom is -0.482 e. The third-order valence-corrected chi connectivity index (χ3v) is 3.21. The molecule has 1 heterocycles. The molecule has 2 aliphatic rings. The summed E-state index contributed by atoms with van der Waals surface area (Å²) < 4.78 is 10.3. The molecule has 1 N–H and O–H groups in total. The molecule has 0 spiro atoms. The molecular formula is C15H22N2O3. The monoisotopic (exact) mass is 278 g/mol. The molecule has 0 saturated carbocycles. The molecule has 0 unspecified atom stereocenters. The van der Waals surface area contributed by atoms with Gasteiger partial charge in [0.15, 0.2) is 6.61 Å². The van der Waals surface area contributed by atoms with Crippen LogP contribution in [0.4, 0.5) is 0 Å². The first kappa shape index (κ1) is 14.7. The van der Waals surface area contributed by atoms with E-state index in [2.05, 4.69) is 22.4 Å². The van der Waals surface area contributed by atoms with E-state index in [1.165, 1.54) is 5.70 Å². The van der Waals surface area contributed by atoms with Crippen LogP contribution in [0.2, 0.25) is 0 Å². The zero-order chi connectivity index (χ0) is 14.2. The highest BCUT2D eigenvalue weighted by molar-refractivity contribution is 5.70. The lowest BCUT2D eigenvalue weighted by Gasteiger charge is -2.30. The van der Waals surface area contributed by atoms with E-state index in [9.17, 15) is 4.79 Å². The fourth-order valence-electron chi connectivity index (χ4n) is 2.21. The van der Waals surface area contributed by atoms with Gasteiger partial charge in [-0.25, -0.2) is 4.79 Å². The lowest BCUT2D eigenvalue weighted by Crippen LogP contribution is -2.42. The van der Waals surface area contributed by atoms with Crippen molar-refractivity contribution in [3.05, 3.63) is 35.8 Å². The quantitative estimate of drug-likeness (QED) is 0.766. The molecule has 20 heavy (non-hydrogen) atoms. The van der Waals surface area contributed by atoms with Crippen molar-refractivity contribution < 1.29 is 14.3 Å². The molecule has 0 radical (unpaired) electrons. The van der Waals surface area contributed by atoms with E-state index in [1.807, 2.05) is 12.2 Å². The number of carbonyl (C=O) groups is 1. The van der Waals surface area contributed by atoms with Crippen molar-refractivity contribution in [3.8, 4) is 0 Å². The van der Waals surface area contributed by atoms with Gasteiger partial charge in [0.25, 0.3) is 0 Å². The molecule has 2 rings (SSSR count). The second-order valence-electron chi connectivity index (χ2n) is 4.64. The Labute approximate surface area is 119 Å². The van der Waals surface area contributed by atoms with Crippen LogP contribution in [0, 0.1) is 0 Å². The van der Waals surface area contributed by atoms with Crippen molar-refractivity contribution in [1.29, 1.82) is 0 Å². The molecule has 0 aromatic heterocycles. The number of ether oxygens (including phenoxy) is 2. The minimum absolute atomic E-state index is 0.0347. The van der Waals surface area contributed by atoms with Gasteiger partial charge in [-0.1, -0.05) is 6.08 Å². The molecule has 1 aliphatic heterocycles. The summed E-state index contributed by atoms with van der Waals surface area (Å²) in [7, 11) is 0. The van der Waals surface area contributed by atoms with Crippen LogP contribution in [0.3, 0.4) is 0 Å². The Hall–Kier alpha value is -1.75. The summed E-state index contributed by atoms with van der Waals surface area (Å²) in [6, 6.07) is 0. The molecule has 1 saturated heterocycles. The minimum atomic E-state index is -0.332. The van der Waals surface area contributed by atoms with Crippen molar-refractivity contribution >= 4 is 5.97 Å². The summed E-state index contributed by atoms with van der Waals surface area (Å²) in [4.78, 5) is 13.6.